The van der Waals surface area contributed by atoms with Gasteiger partial charge < -0.3 is 18.6 Å². The van der Waals surface area contributed by atoms with Gasteiger partial charge in [-0.15, -0.1) is 0 Å². The lowest BCUT2D eigenvalue weighted by atomic mass is 9.86. The molecule has 2 heterocycles. The average Bonchev–Trinajstić information content (AvgIpc) is 2.78. The third-order valence-corrected chi connectivity index (χ3v) is 6.35. The first-order chi connectivity index (χ1) is 15.0. The predicted octanol–water partition coefficient (Wildman–Crippen LogP) is 4.70. The Hall–Kier alpha value is -3.28. The Bertz CT molecular complexity index is 1270. The van der Waals surface area contributed by atoms with Crippen LogP contribution in [-0.2, 0) is 12.8 Å². The van der Waals surface area contributed by atoms with Crippen molar-refractivity contribution in [2.45, 2.75) is 45.1 Å². The summed E-state index contributed by atoms with van der Waals surface area (Å²) >= 11 is 0. The van der Waals surface area contributed by atoms with Crippen LogP contribution in [0.5, 0.6) is 17.2 Å². The standard InChI is InChI=1S/C25H24O6/c1-13-10-21-23(15-6-4-5-7-16(15)25(27)31-21)24-22(13)17(26)12-19(30-24)14-8-9-18(28-2)20(11-14)29-3/h8-11,19H,4-7,12H2,1-3H3/t19-/m1/s1. The summed E-state index contributed by atoms with van der Waals surface area (Å²) in [5.74, 6) is 1.76. The number of hydrogen-bond donors (Lipinski definition) is 0. The molecule has 0 bridgehead atoms. The second-order valence-corrected chi connectivity index (χ2v) is 8.17. The van der Waals surface area contributed by atoms with E-state index in [-0.39, 0.29) is 17.8 Å². The highest BCUT2D eigenvalue weighted by Crippen LogP contribution is 2.45. The highest BCUT2D eigenvalue weighted by molar-refractivity contribution is 6.07. The monoisotopic (exact) mass is 420 g/mol. The molecule has 0 fully saturated rings. The van der Waals surface area contributed by atoms with Gasteiger partial charge >= 0.3 is 5.63 Å². The molecule has 3 aromatic rings. The van der Waals surface area contributed by atoms with Crippen LogP contribution in [0.15, 0.2) is 33.5 Å². The molecule has 0 saturated carbocycles. The molecule has 31 heavy (non-hydrogen) atoms. The number of Topliss-reactive ketones (excluding diaryl/α,β-unsaturated/α-hetero) is 1. The van der Waals surface area contributed by atoms with E-state index >= 15 is 0 Å². The zero-order valence-electron chi connectivity index (χ0n) is 17.9. The number of methoxy groups -OCH3 is 2. The predicted molar refractivity (Wildman–Crippen MR) is 116 cm³/mol. The minimum absolute atomic E-state index is 0.0243. The van der Waals surface area contributed by atoms with Crippen LogP contribution >= 0.6 is 0 Å². The van der Waals surface area contributed by atoms with Crippen molar-refractivity contribution in [3.8, 4) is 17.2 Å². The lowest BCUT2D eigenvalue weighted by molar-refractivity contribution is 0.0852. The van der Waals surface area contributed by atoms with Crippen LogP contribution in [0, 0.1) is 6.92 Å². The van der Waals surface area contributed by atoms with E-state index in [2.05, 4.69) is 0 Å². The SMILES string of the molecule is COc1ccc([C@H]2CC(=O)c3c(C)cc4oc(=O)c5c(c4c3O2)CCCC5)cc1OC. The van der Waals surface area contributed by atoms with Crippen molar-refractivity contribution in [1.29, 1.82) is 0 Å². The Balaban J connectivity index is 1.70. The maximum atomic E-state index is 13.2. The summed E-state index contributed by atoms with van der Waals surface area (Å²) in [7, 11) is 3.16. The molecule has 1 aliphatic carbocycles. The number of aryl methyl sites for hydroxylation is 2. The summed E-state index contributed by atoms with van der Waals surface area (Å²) in [5, 5.41) is 0.772. The fourth-order valence-corrected chi connectivity index (χ4v) is 4.85. The molecule has 0 saturated heterocycles. The van der Waals surface area contributed by atoms with Gasteiger partial charge in [0.1, 0.15) is 17.4 Å². The van der Waals surface area contributed by atoms with E-state index in [0.29, 0.717) is 40.4 Å². The Labute approximate surface area is 179 Å². The molecule has 5 rings (SSSR count). The van der Waals surface area contributed by atoms with E-state index in [1.807, 2.05) is 25.1 Å². The van der Waals surface area contributed by atoms with E-state index in [4.69, 9.17) is 18.6 Å². The highest BCUT2D eigenvalue weighted by Gasteiger charge is 2.33. The fourth-order valence-electron chi connectivity index (χ4n) is 4.85. The molecule has 6 heteroatoms. The molecular weight excluding hydrogens is 396 g/mol. The van der Waals surface area contributed by atoms with E-state index in [1.54, 1.807) is 20.3 Å². The van der Waals surface area contributed by atoms with Gasteiger partial charge in [-0.2, -0.15) is 0 Å². The lowest BCUT2D eigenvalue weighted by Crippen LogP contribution is -2.23. The minimum Gasteiger partial charge on any atom is -0.493 e. The van der Waals surface area contributed by atoms with Crippen LogP contribution in [0.3, 0.4) is 0 Å². The number of hydrogen-bond acceptors (Lipinski definition) is 6. The van der Waals surface area contributed by atoms with Crippen molar-refractivity contribution in [3.05, 3.63) is 62.5 Å². The van der Waals surface area contributed by atoms with Gasteiger partial charge in [0, 0.05) is 5.56 Å². The van der Waals surface area contributed by atoms with Crippen molar-refractivity contribution >= 4 is 16.8 Å². The first kappa shape index (κ1) is 19.7. The van der Waals surface area contributed by atoms with Gasteiger partial charge in [0.15, 0.2) is 17.3 Å². The summed E-state index contributed by atoms with van der Waals surface area (Å²) in [6.45, 7) is 1.86. The summed E-state index contributed by atoms with van der Waals surface area (Å²) < 4.78 is 22.9. The van der Waals surface area contributed by atoms with Gasteiger partial charge in [-0.25, -0.2) is 4.79 Å². The lowest BCUT2D eigenvalue weighted by Gasteiger charge is -2.29. The van der Waals surface area contributed by atoms with Gasteiger partial charge in [-0.3, -0.25) is 4.79 Å². The molecule has 0 unspecified atom stereocenters. The molecule has 1 aliphatic heterocycles. The molecular formula is C25H24O6. The number of ketones is 1. The molecule has 2 aliphatic rings. The van der Waals surface area contributed by atoms with Crippen LogP contribution < -0.4 is 19.8 Å². The normalized spacial score (nSPS) is 17.6. The smallest absolute Gasteiger partial charge is 0.339 e. The first-order valence-corrected chi connectivity index (χ1v) is 10.6. The van der Waals surface area contributed by atoms with Gasteiger partial charge in [0.05, 0.1) is 31.6 Å². The maximum Gasteiger partial charge on any atom is 0.339 e. The van der Waals surface area contributed by atoms with Crippen molar-refractivity contribution < 1.29 is 23.4 Å². The topological polar surface area (TPSA) is 75.0 Å². The Morgan fingerprint density at radius 2 is 1.71 bits per heavy atom. The van der Waals surface area contributed by atoms with Crippen molar-refractivity contribution in [2.24, 2.45) is 0 Å². The summed E-state index contributed by atoms with van der Waals surface area (Å²) in [6.07, 6.45) is 3.21. The zero-order chi connectivity index (χ0) is 21.7. The van der Waals surface area contributed by atoms with Crippen LogP contribution in [0.1, 0.15) is 58.0 Å². The average molecular weight is 420 g/mol. The van der Waals surface area contributed by atoms with Gasteiger partial charge in [0.2, 0.25) is 0 Å². The number of fused-ring (bicyclic) bond motifs is 5. The first-order valence-electron chi connectivity index (χ1n) is 10.6. The summed E-state index contributed by atoms with van der Waals surface area (Å²) in [4.78, 5) is 25.8. The molecule has 0 radical (unpaired) electrons. The second kappa shape index (κ2) is 7.45. The number of carbonyl (C=O) groups is 1. The summed E-state index contributed by atoms with van der Waals surface area (Å²) in [5.41, 5.74) is 4.08. The molecule has 160 valence electrons. The molecule has 2 aromatic carbocycles. The third kappa shape index (κ3) is 3.09. The van der Waals surface area contributed by atoms with E-state index < -0.39 is 6.10 Å². The molecule has 1 atom stereocenters. The highest BCUT2D eigenvalue weighted by atomic mass is 16.5. The molecule has 6 nitrogen and oxygen atoms in total. The van der Waals surface area contributed by atoms with Crippen LogP contribution in [0.2, 0.25) is 0 Å². The van der Waals surface area contributed by atoms with Crippen LogP contribution in [-0.4, -0.2) is 20.0 Å². The number of carbonyl (C=O) groups excluding carboxylic acids is 1. The molecule has 0 N–H and O–H groups in total. The van der Waals surface area contributed by atoms with Crippen molar-refractivity contribution in [2.75, 3.05) is 14.2 Å². The van der Waals surface area contributed by atoms with Crippen molar-refractivity contribution in [3.63, 3.8) is 0 Å². The Morgan fingerprint density at radius 3 is 2.45 bits per heavy atom. The Kier molecular flexibility index (Phi) is 4.73. The van der Waals surface area contributed by atoms with Crippen LogP contribution in [0.4, 0.5) is 0 Å². The zero-order valence-corrected chi connectivity index (χ0v) is 17.9. The van der Waals surface area contributed by atoms with Crippen LogP contribution in [0.25, 0.3) is 11.0 Å². The van der Waals surface area contributed by atoms with Gasteiger partial charge in [-0.05, 0) is 67.5 Å². The van der Waals surface area contributed by atoms with Gasteiger partial charge in [-0.1, -0.05) is 6.07 Å². The Morgan fingerprint density at radius 1 is 0.968 bits per heavy atom. The quantitative estimate of drug-likeness (QED) is 0.572. The molecule has 0 amide bonds. The second-order valence-electron chi connectivity index (χ2n) is 8.17. The molecule has 1 aromatic heterocycles. The molecule has 0 spiro atoms. The number of rotatable bonds is 3. The minimum atomic E-state index is -0.462. The largest absolute Gasteiger partial charge is 0.493 e. The van der Waals surface area contributed by atoms with E-state index in [0.717, 1.165) is 41.3 Å². The van der Waals surface area contributed by atoms with Crippen molar-refractivity contribution in [1.82, 2.24) is 0 Å². The number of benzene rings is 2. The third-order valence-electron chi connectivity index (χ3n) is 6.35. The maximum absolute atomic E-state index is 13.2. The summed E-state index contributed by atoms with van der Waals surface area (Å²) in [6, 6.07) is 7.34. The van der Waals surface area contributed by atoms with E-state index in [1.165, 1.54) is 0 Å². The van der Waals surface area contributed by atoms with E-state index in [9.17, 15) is 9.59 Å². The fraction of sp³-hybridized carbons (Fsp3) is 0.360. The van der Waals surface area contributed by atoms with Gasteiger partial charge in [0.25, 0.3) is 0 Å². The number of ether oxygens (including phenoxy) is 3.